The van der Waals surface area contributed by atoms with E-state index in [-0.39, 0.29) is 12.1 Å². The summed E-state index contributed by atoms with van der Waals surface area (Å²) in [6.45, 7) is 0. The molecule has 0 aromatic heterocycles. The van der Waals surface area contributed by atoms with E-state index in [2.05, 4.69) is 243 Å². The van der Waals surface area contributed by atoms with Gasteiger partial charge in [-0.2, -0.15) is 0 Å². The molecule has 0 aliphatic heterocycles. The molecule has 4 heteroatoms. The van der Waals surface area contributed by atoms with Gasteiger partial charge in [-0.1, -0.05) is 231 Å². The second-order valence-electron chi connectivity index (χ2n) is 13.4. The number of aliphatic imine (C=N–C) groups is 2. The van der Waals surface area contributed by atoms with Crippen molar-refractivity contribution in [2.45, 2.75) is 12.1 Å². The minimum Gasteiger partial charge on any atom is -0.282 e. The Kier molecular flexibility index (Phi) is 12.2. The summed E-state index contributed by atoms with van der Waals surface area (Å²) in [5.41, 5.74) is 4.46. The summed E-state index contributed by atoms with van der Waals surface area (Å²) in [7, 11) is -1.63. The maximum Gasteiger partial charge on any atom is 0.101 e. The zero-order valence-corrected chi connectivity index (χ0v) is 32.8. The van der Waals surface area contributed by atoms with E-state index in [1.165, 1.54) is 31.8 Å². The van der Waals surface area contributed by atoms with Crippen molar-refractivity contribution >= 4 is 60.1 Å². The molecule has 8 aromatic rings. The Morgan fingerprint density at radius 1 is 0.286 bits per heavy atom. The van der Waals surface area contributed by atoms with E-state index in [4.69, 9.17) is 9.98 Å². The van der Waals surface area contributed by atoms with Gasteiger partial charge in [0.15, 0.2) is 0 Å². The normalized spacial score (nSPS) is 12.7. The van der Waals surface area contributed by atoms with Crippen molar-refractivity contribution in [1.82, 2.24) is 0 Å². The first-order valence-corrected chi connectivity index (χ1v) is 21.7. The highest BCUT2D eigenvalue weighted by atomic mass is 31.1. The standard InChI is InChI=1S/C52H42N2P2/c1-7-23-41(24-8-1)51(53-39-43-27-19-21-37-49(43)55(45-29-11-3-12-30-45)46-31-13-4-14-32-46)52(42-25-9-2-10-26-42)54-40-44-28-20-22-38-50(44)56(47-33-15-5-16-34-47)48-35-17-6-18-36-48/h1-40,51-52H/b53-39+,54-40+. The molecule has 0 N–H and O–H groups in total. The maximum absolute atomic E-state index is 5.51. The predicted octanol–water partition coefficient (Wildman–Crippen LogP) is 10.2. The third kappa shape index (κ3) is 8.75. The summed E-state index contributed by atoms with van der Waals surface area (Å²) in [5.74, 6) is 0. The molecule has 2 nitrogen and oxygen atoms in total. The zero-order valence-electron chi connectivity index (χ0n) is 31.0. The first kappa shape index (κ1) is 36.9. The van der Waals surface area contributed by atoms with Gasteiger partial charge in [-0.05, 0) is 58.8 Å². The van der Waals surface area contributed by atoms with E-state index in [1.807, 2.05) is 0 Å². The summed E-state index contributed by atoms with van der Waals surface area (Å²) in [6, 6.07) is 81.6. The Bertz CT molecular complexity index is 2220. The third-order valence-corrected chi connectivity index (χ3v) is 14.8. The van der Waals surface area contributed by atoms with E-state index >= 15 is 0 Å². The van der Waals surface area contributed by atoms with E-state index in [0.29, 0.717) is 0 Å². The van der Waals surface area contributed by atoms with Gasteiger partial charge < -0.3 is 0 Å². The van der Waals surface area contributed by atoms with Crippen LogP contribution in [0.2, 0.25) is 0 Å². The molecule has 56 heavy (non-hydrogen) atoms. The van der Waals surface area contributed by atoms with Gasteiger partial charge in [-0.3, -0.25) is 9.98 Å². The number of benzene rings is 8. The summed E-state index contributed by atoms with van der Waals surface area (Å²) in [6.07, 6.45) is 4.19. The lowest BCUT2D eigenvalue weighted by atomic mass is 9.94. The van der Waals surface area contributed by atoms with Crippen molar-refractivity contribution in [1.29, 1.82) is 0 Å². The average molecular weight is 757 g/mol. The van der Waals surface area contributed by atoms with Gasteiger partial charge in [0.25, 0.3) is 0 Å². The van der Waals surface area contributed by atoms with E-state index in [0.717, 1.165) is 22.3 Å². The average Bonchev–Trinajstić information content (AvgIpc) is 3.28. The van der Waals surface area contributed by atoms with Crippen molar-refractivity contribution in [3.8, 4) is 0 Å². The molecule has 0 saturated heterocycles. The van der Waals surface area contributed by atoms with Crippen molar-refractivity contribution < 1.29 is 0 Å². The van der Waals surface area contributed by atoms with Crippen LogP contribution in [0.15, 0.2) is 241 Å². The number of nitrogens with zero attached hydrogens (tertiary/aromatic N) is 2. The van der Waals surface area contributed by atoms with Crippen molar-refractivity contribution in [2.24, 2.45) is 9.98 Å². The highest BCUT2D eigenvalue weighted by Crippen LogP contribution is 2.38. The summed E-state index contributed by atoms with van der Waals surface area (Å²) >= 11 is 0. The fraction of sp³-hybridized carbons (Fsp3) is 0.0385. The van der Waals surface area contributed by atoms with Crippen LogP contribution in [0.4, 0.5) is 0 Å². The number of hydrogen-bond donors (Lipinski definition) is 0. The molecule has 0 aliphatic rings. The Morgan fingerprint density at radius 2 is 0.536 bits per heavy atom. The van der Waals surface area contributed by atoms with Crippen LogP contribution in [0.25, 0.3) is 0 Å². The summed E-state index contributed by atoms with van der Waals surface area (Å²) in [4.78, 5) is 11.0. The topological polar surface area (TPSA) is 24.7 Å². The molecule has 0 bridgehead atoms. The van der Waals surface area contributed by atoms with Gasteiger partial charge in [0.2, 0.25) is 0 Å². The van der Waals surface area contributed by atoms with Crippen LogP contribution in [-0.4, -0.2) is 12.4 Å². The molecular formula is C52H42N2P2. The fourth-order valence-corrected chi connectivity index (χ4v) is 11.9. The first-order chi connectivity index (χ1) is 27.8. The highest BCUT2D eigenvalue weighted by molar-refractivity contribution is 7.80. The van der Waals surface area contributed by atoms with Crippen LogP contribution in [0, 0.1) is 0 Å². The Hall–Kier alpha value is -6.04. The van der Waals surface area contributed by atoms with Crippen molar-refractivity contribution in [3.05, 3.63) is 253 Å². The van der Waals surface area contributed by atoms with Gasteiger partial charge in [-0.25, -0.2) is 0 Å². The van der Waals surface area contributed by atoms with Crippen molar-refractivity contribution in [3.63, 3.8) is 0 Å². The lowest BCUT2D eigenvalue weighted by Gasteiger charge is -2.24. The fourth-order valence-electron chi connectivity index (χ4n) is 7.08. The molecule has 270 valence electrons. The molecule has 0 spiro atoms. The van der Waals surface area contributed by atoms with Gasteiger partial charge in [0.05, 0.1) is 0 Å². The SMILES string of the molecule is C(=N\C(c1ccccc1)C(/N=C/c1ccccc1P(c1ccccc1)c1ccccc1)c1ccccc1)/c1ccccc1P(c1ccccc1)c1ccccc1. The summed E-state index contributed by atoms with van der Waals surface area (Å²) in [5, 5.41) is 7.80. The smallest absolute Gasteiger partial charge is 0.101 e. The minimum absolute atomic E-state index is 0.278. The number of rotatable bonds is 13. The van der Waals surface area contributed by atoms with E-state index in [1.54, 1.807) is 0 Å². The molecule has 8 rings (SSSR count). The summed E-state index contributed by atoms with van der Waals surface area (Å²) < 4.78 is 0. The van der Waals surface area contributed by atoms with Gasteiger partial charge in [0.1, 0.15) is 12.1 Å². The number of hydrogen-bond acceptors (Lipinski definition) is 2. The van der Waals surface area contributed by atoms with Crippen LogP contribution in [0.1, 0.15) is 34.3 Å². The molecule has 0 heterocycles. The third-order valence-electron chi connectivity index (χ3n) is 9.74. The Labute approximate surface area is 333 Å². The lowest BCUT2D eigenvalue weighted by molar-refractivity contribution is 0.583. The van der Waals surface area contributed by atoms with Crippen LogP contribution in [-0.2, 0) is 0 Å². The van der Waals surface area contributed by atoms with E-state index < -0.39 is 15.8 Å². The second kappa shape index (κ2) is 18.5. The quantitative estimate of drug-likeness (QED) is 0.0827. The van der Waals surface area contributed by atoms with Gasteiger partial charge in [-0.15, -0.1) is 0 Å². The molecule has 2 atom stereocenters. The molecule has 0 aliphatic carbocycles. The molecule has 0 saturated carbocycles. The Morgan fingerprint density at radius 3 is 0.839 bits per heavy atom. The lowest BCUT2D eigenvalue weighted by Crippen LogP contribution is -2.23. The molecular weight excluding hydrogens is 715 g/mol. The monoisotopic (exact) mass is 756 g/mol. The van der Waals surface area contributed by atoms with Crippen LogP contribution >= 0.6 is 15.8 Å². The van der Waals surface area contributed by atoms with Crippen LogP contribution < -0.4 is 31.8 Å². The van der Waals surface area contributed by atoms with Crippen LogP contribution in [0.3, 0.4) is 0 Å². The molecule has 2 unspecified atom stereocenters. The maximum atomic E-state index is 5.51. The first-order valence-electron chi connectivity index (χ1n) is 19.0. The van der Waals surface area contributed by atoms with E-state index in [9.17, 15) is 0 Å². The largest absolute Gasteiger partial charge is 0.282 e. The minimum atomic E-state index is -0.816. The molecule has 0 fully saturated rings. The van der Waals surface area contributed by atoms with Crippen molar-refractivity contribution in [2.75, 3.05) is 0 Å². The molecule has 0 amide bonds. The Balaban J connectivity index is 1.23. The van der Waals surface area contributed by atoms with Gasteiger partial charge >= 0.3 is 0 Å². The van der Waals surface area contributed by atoms with Crippen LogP contribution in [0.5, 0.6) is 0 Å². The second-order valence-corrected chi connectivity index (χ2v) is 17.8. The highest BCUT2D eigenvalue weighted by Gasteiger charge is 2.25. The molecule has 0 radical (unpaired) electrons. The zero-order chi connectivity index (χ0) is 37.8. The van der Waals surface area contributed by atoms with Gasteiger partial charge in [0, 0.05) is 23.6 Å². The molecule has 8 aromatic carbocycles. The predicted molar refractivity (Wildman–Crippen MR) is 244 cm³/mol.